The van der Waals surface area contributed by atoms with Crippen molar-refractivity contribution in [3.05, 3.63) is 77.5 Å². The largest absolute Gasteiger partial charge is 0.508 e. The fourth-order valence-corrected chi connectivity index (χ4v) is 8.80. The zero-order chi connectivity index (χ0) is 39.2. The van der Waals surface area contributed by atoms with E-state index in [2.05, 4.69) is 47.7 Å². The molecule has 2 aromatic heterocycles. The number of nitrogens with zero attached hydrogens (tertiary/aromatic N) is 5. The van der Waals surface area contributed by atoms with Gasteiger partial charge in [-0.25, -0.2) is 8.78 Å². The minimum atomic E-state index is -0.751. The van der Waals surface area contributed by atoms with Crippen LogP contribution >= 0.6 is 0 Å². The van der Waals surface area contributed by atoms with Crippen molar-refractivity contribution in [3.8, 4) is 35.4 Å². The number of pyridine rings is 1. The lowest BCUT2D eigenvalue weighted by atomic mass is 9.96. The van der Waals surface area contributed by atoms with Gasteiger partial charge in [-0.3, -0.25) is 24.8 Å². The number of aromatic hydroxyl groups is 1. The Balaban J connectivity index is 0.956. The first kappa shape index (κ1) is 36.7. The molecule has 5 aromatic rings. The fourth-order valence-electron chi connectivity index (χ4n) is 8.80. The number of terminal acetylenes is 1. The zero-order valence-electron chi connectivity index (χ0n) is 31.2. The van der Waals surface area contributed by atoms with Crippen molar-refractivity contribution in [1.82, 2.24) is 30.5 Å². The van der Waals surface area contributed by atoms with E-state index in [9.17, 15) is 19.1 Å². The predicted molar refractivity (Wildman–Crippen MR) is 212 cm³/mol. The molecule has 0 aliphatic carbocycles. The molecule has 3 atom stereocenters. The predicted octanol–water partition coefficient (Wildman–Crippen LogP) is 5.26. The number of likely N-dealkylation sites (tertiary alicyclic amines) is 1. The van der Waals surface area contributed by atoms with Gasteiger partial charge in [0.1, 0.15) is 34.6 Å². The molecule has 4 aliphatic rings. The number of nitrogens with one attached hydrogen (secondary N) is 3. The number of hydrogen-bond acceptors (Lipinski definition) is 11. The number of halogens is 2. The lowest BCUT2D eigenvalue weighted by Gasteiger charge is -2.34. The molecular formula is C43H42F2N8O4. The second kappa shape index (κ2) is 15.2. The van der Waals surface area contributed by atoms with Crippen LogP contribution in [0.3, 0.4) is 0 Å². The van der Waals surface area contributed by atoms with Crippen molar-refractivity contribution >= 4 is 45.0 Å². The minimum absolute atomic E-state index is 0.0143. The number of rotatable bonds is 9. The van der Waals surface area contributed by atoms with Crippen LogP contribution < -0.4 is 25.6 Å². The number of carbonyl (C=O) groups excluding carboxylic acids is 2. The Hall–Kier alpha value is -5.91. The Labute approximate surface area is 328 Å². The van der Waals surface area contributed by atoms with Gasteiger partial charge in [0.05, 0.1) is 17.6 Å². The molecule has 3 aromatic carbocycles. The molecule has 4 N–H and O–H groups in total. The number of ether oxygens (including phenoxy) is 1. The number of para-hydroxylation sites is 1. The number of benzene rings is 3. The van der Waals surface area contributed by atoms with Gasteiger partial charge in [0.2, 0.25) is 11.8 Å². The maximum atomic E-state index is 16.9. The van der Waals surface area contributed by atoms with Crippen LogP contribution in [-0.4, -0.2) is 87.7 Å². The molecule has 4 fully saturated rings. The summed E-state index contributed by atoms with van der Waals surface area (Å²) in [6.45, 7) is 4.09. The number of amides is 2. The van der Waals surface area contributed by atoms with Gasteiger partial charge < -0.3 is 25.4 Å². The summed E-state index contributed by atoms with van der Waals surface area (Å²) in [5, 5.41) is 21.2. The van der Waals surface area contributed by atoms with Gasteiger partial charge >= 0.3 is 6.01 Å². The summed E-state index contributed by atoms with van der Waals surface area (Å²) in [5.74, 6) is 1.07. The van der Waals surface area contributed by atoms with Crippen LogP contribution in [0.15, 0.2) is 54.7 Å². The van der Waals surface area contributed by atoms with E-state index in [-0.39, 0.29) is 69.3 Å². The second-order valence-corrected chi connectivity index (χ2v) is 15.5. The summed E-state index contributed by atoms with van der Waals surface area (Å²) in [5.41, 5.74) is 1.95. The average Bonchev–Trinajstić information content (AvgIpc) is 3.55. The summed E-state index contributed by atoms with van der Waals surface area (Å²) >= 11 is 0. The van der Waals surface area contributed by atoms with E-state index in [1.165, 1.54) is 30.5 Å². The number of hydrogen-bond donors (Lipinski definition) is 4. The molecule has 1 unspecified atom stereocenters. The fraction of sp³-hybridized carbons (Fsp3) is 0.372. The average molecular weight is 773 g/mol. The molecular weight excluding hydrogens is 731 g/mol. The van der Waals surface area contributed by atoms with E-state index in [0.717, 1.165) is 50.0 Å². The SMILES string of the molecule is C#Cc1c(F)ccc2cc(O)cc(-c3ncc4c(N5C[C@H]6CC[C@@H](C5)N6)nc(OCC5CCN(Cc6ccccc6NC6CCC(=O)NC6=O)CC5)nc4c3F)c12. The topological polar surface area (TPSA) is 145 Å². The van der Waals surface area contributed by atoms with Crippen LogP contribution in [0.4, 0.5) is 20.3 Å². The molecule has 0 spiro atoms. The first-order valence-electron chi connectivity index (χ1n) is 19.5. The molecule has 57 heavy (non-hydrogen) atoms. The molecule has 12 nitrogen and oxygen atoms in total. The lowest BCUT2D eigenvalue weighted by Crippen LogP contribution is -2.51. The highest BCUT2D eigenvalue weighted by molar-refractivity contribution is 6.03. The van der Waals surface area contributed by atoms with E-state index in [1.54, 1.807) is 0 Å². The number of imide groups is 1. The Morgan fingerprint density at radius 1 is 1.00 bits per heavy atom. The number of aromatic nitrogens is 3. The highest BCUT2D eigenvalue weighted by Gasteiger charge is 2.35. The smallest absolute Gasteiger partial charge is 0.319 e. The van der Waals surface area contributed by atoms with Crippen LogP contribution in [0.2, 0.25) is 0 Å². The number of fused-ring (bicyclic) bond motifs is 4. The van der Waals surface area contributed by atoms with Crippen molar-refractivity contribution in [1.29, 1.82) is 0 Å². The summed E-state index contributed by atoms with van der Waals surface area (Å²) in [6.07, 6.45) is 11.8. The molecule has 292 valence electrons. The van der Waals surface area contributed by atoms with Crippen molar-refractivity contribution < 1.29 is 28.2 Å². The molecule has 14 heteroatoms. The third-order valence-electron chi connectivity index (χ3n) is 11.7. The third kappa shape index (κ3) is 7.29. The van der Waals surface area contributed by atoms with Gasteiger partial charge in [0.15, 0.2) is 5.82 Å². The van der Waals surface area contributed by atoms with Crippen molar-refractivity contribution in [2.24, 2.45) is 5.92 Å². The van der Waals surface area contributed by atoms with Crippen molar-refractivity contribution in [3.63, 3.8) is 0 Å². The van der Waals surface area contributed by atoms with Crippen LogP contribution in [0.5, 0.6) is 11.8 Å². The summed E-state index contributed by atoms with van der Waals surface area (Å²) in [4.78, 5) is 42.6. The van der Waals surface area contributed by atoms with Gasteiger partial charge in [-0.15, -0.1) is 6.42 Å². The minimum Gasteiger partial charge on any atom is -0.508 e. The molecule has 6 heterocycles. The monoisotopic (exact) mass is 772 g/mol. The zero-order valence-corrected chi connectivity index (χ0v) is 31.2. The van der Waals surface area contributed by atoms with Crippen molar-refractivity contribution in [2.75, 3.05) is 43.0 Å². The molecule has 9 rings (SSSR count). The molecule has 0 saturated carbocycles. The van der Waals surface area contributed by atoms with E-state index < -0.39 is 17.7 Å². The molecule has 0 radical (unpaired) electrons. The Morgan fingerprint density at radius 3 is 2.56 bits per heavy atom. The maximum Gasteiger partial charge on any atom is 0.319 e. The second-order valence-electron chi connectivity index (χ2n) is 15.5. The first-order valence-corrected chi connectivity index (χ1v) is 19.5. The van der Waals surface area contributed by atoms with Gasteiger partial charge in [0.25, 0.3) is 0 Å². The van der Waals surface area contributed by atoms with E-state index >= 15 is 4.39 Å². The van der Waals surface area contributed by atoms with Crippen LogP contribution in [0.1, 0.15) is 49.7 Å². The lowest BCUT2D eigenvalue weighted by molar-refractivity contribution is -0.133. The van der Waals surface area contributed by atoms with Gasteiger partial charge in [-0.2, -0.15) is 9.97 Å². The summed E-state index contributed by atoms with van der Waals surface area (Å²) in [6, 6.07) is 13.6. The third-order valence-corrected chi connectivity index (χ3v) is 11.7. The van der Waals surface area contributed by atoms with E-state index in [4.69, 9.17) is 16.1 Å². The number of carbonyl (C=O) groups is 2. The van der Waals surface area contributed by atoms with Gasteiger partial charge in [-0.05, 0) is 86.3 Å². The Morgan fingerprint density at radius 2 is 1.79 bits per heavy atom. The van der Waals surface area contributed by atoms with Crippen LogP contribution in [0.25, 0.3) is 32.9 Å². The molecule has 4 saturated heterocycles. The number of phenolic OH excluding ortho intramolecular Hbond substituents is 1. The van der Waals surface area contributed by atoms with Crippen LogP contribution in [-0.2, 0) is 16.1 Å². The van der Waals surface area contributed by atoms with Gasteiger partial charge in [0, 0.05) is 61.0 Å². The highest BCUT2D eigenvalue weighted by Crippen LogP contribution is 2.39. The number of piperazine rings is 1. The van der Waals surface area contributed by atoms with Crippen molar-refractivity contribution in [2.45, 2.75) is 63.2 Å². The molecule has 2 bridgehead atoms. The Kier molecular flexibility index (Phi) is 9.80. The number of anilines is 2. The number of piperidine rings is 2. The number of phenols is 1. The quantitative estimate of drug-likeness (QED) is 0.115. The van der Waals surface area contributed by atoms with E-state index in [1.807, 2.05) is 18.2 Å². The van der Waals surface area contributed by atoms with Gasteiger partial charge in [-0.1, -0.05) is 30.2 Å². The Bertz CT molecular complexity index is 2440. The molecule has 2 amide bonds. The van der Waals surface area contributed by atoms with E-state index in [0.29, 0.717) is 55.7 Å². The van der Waals surface area contributed by atoms with Crippen LogP contribution in [0, 0.1) is 29.9 Å². The first-order chi connectivity index (χ1) is 27.7. The highest BCUT2D eigenvalue weighted by atomic mass is 19.1. The summed E-state index contributed by atoms with van der Waals surface area (Å²) < 4.78 is 38.2. The molecule has 4 aliphatic heterocycles. The normalized spacial score (nSPS) is 21.5. The maximum absolute atomic E-state index is 16.9. The standard InChI is InChI=1S/C43H42F2N8O4/c1-2-30-33(44)10-7-25-17-29(54)18-31(37(25)30)39-38(45)40-32(19-46-39)41(53-21-27-8-9-28(22-53)47-27)51-43(50-40)57-23-24-13-15-52(16-14-24)20-26-5-3-4-6-34(26)48-35-11-12-36(55)49-42(35)56/h1,3-7,10,17-19,24,27-28,35,47-48,54H,8-9,11-16,20-23H2,(H,49,55,56)/t27-,28+,35?. The summed E-state index contributed by atoms with van der Waals surface area (Å²) in [7, 11) is 0.